The topological polar surface area (TPSA) is 77.0 Å². The number of amides is 1. The third kappa shape index (κ3) is 5.81. The van der Waals surface area contributed by atoms with Crippen molar-refractivity contribution in [2.75, 3.05) is 14.2 Å². The van der Waals surface area contributed by atoms with Gasteiger partial charge >= 0.3 is 6.18 Å². The molecule has 2 aromatic rings. The number of alkyl halides is 3. The van der Waals surface area contributed by atoms with Crippen LogP contribution in [-0.2, 0) is 11.2 Å². The summed E-state index contributed by atoms with van der Waals surface area (Å²) in [5, 5.41) is 4.72. The van der Waals surface area contributed by atoms with Crippen molar-refractivity contribution in [2.45, 2.75) is 19.0 Å². The van der Waals surface area contributed by atoms with Crippen molar-refractivity contribution in [3.8, 4) is 11.5 Å². The predicted octanol–water partition coefficient (Wildman–Crippen LogP) is 3.62. The van der Waals surface area contributed by atoms with Crippen molar-refractivity contribution >= 4 is 28.7 Å². The third-order valence-corrected chi connectivity index (χ3v) is 4.49. The van der Waals surface area contributed by atoms with E-state index < -0.39 is 30.0 Å². The number of rotatable bonds is 8. The highest BCUT2D eigenvalue weighted by atomic mass is 32.1. The molecule has 1 heterocycles. The highest BCUT2D eigenvalue weighted by Gasteiger charge is 2.37. The number of carbonyl (C=O) groups excluding carboxylic acids is 2. The molecule has 0 fully saturated rings. The van der Waals surface area contributed by atoms with E-state index in [1.54, 1.807) is 23.6 Å². The minimum absolute atomic E-state index is 0.189. The van der Waals surface area contributed by atoms with Crippen molar-refractivity contribution < 1.29 is 32.2 Å². The van der Waals surface area contributed by atoms with E-state index in [9.17, 15) is 22.8 Å². The summed E-state index contributed by atoms with van der Waals surface area (Å²) in [5.74, 6) is -0.650. The lowest BCUT2D eigenvalue weighted by Crippen LogP contribution is -2.30. The first-order valence-electron chi connectivity index (χ1n) is 7.94. The van der Waals surface area contributed by atoms with Crippen LogP contribution in [0.4, 0.5) is 13.2 Å². The number of halogens is 3. The zero-order valence-corrected chi connectivity index (χ0v) is 15.8. The molecule has 10 heteroatoms. The molecular formula is C18H17F3N2O4S. The SMILES string of the molecule is COc1ccc(CC(=O)N/N=C(/CC(=O)c2cccs2)C(F)(F)F)cc1OC. The molecule has 150 valence electrons. The predicted molar refractivity (Wildman–Crippen MR) is 98.1 cm³/mol. The third-order valence-electron chi connectivity index (χ3n) is 3.58. The average Bonchev–Trinajstić information content (AvgIpc) is 3.18. The van der Waals surface area contributed by atoms with Gasteiger partial charge in [0, 0.05) is 0 Å². The average molecular weight is 414 g/mol. The largest absolute Gasteiger partial charge is 0.493 e. The maximum absolute atomic E-state index is 13.1. The molecule has 6 nitrogen and oxygen atoms in total. The molecule has 0 saturated heterocycles. The Morgan fingerprint density at radius 1 is 1.14 bits per heavy atom. The minimum Gasteiger partial charge on any atom is -0.493 e. The Morgan fingerprint density at radius 3 is 2.43 bits per heavy atom. The van der Waals surface area contributed by atoms with E-state index in [0.717, 1.165) is 11.3 Å². The summed E-state index contributed by atoms with van der Waals surface area (Å²) < 4.78 is 49.5. The van der Waals surface area contributed by atoms with Crippen LogP contribution in [0.15, 0.2) is 40.8 Å². The number of benzene rings is 1. The Labute approximate surface area is 163 Å². The maximum Gasteiger partial charge on any atom is 0.431 e. The van der Waals surface area contributed by atoms with Gasteiger partial charge in [-0.1, -0.05) is 12.1 Å². The fourth-order valence-corrected chi connectivity index (χ4v) is 2.89. The van der Waals surface area contributed by atoms with Gasteiger partial charge in [0.15, 0.2) is 17.3 Å². The fraction of sp³-hybridized carbons (Fsp3) is 0.278. The monoisotopic (exact) mass is 414 g/mol. The molecule has 0 unspecified atom stereocenters. The van der Waals surface area contributed by atoms with Crippen LogP contribution in [0.1, 0.15) is 21.7 Å². The molecule has 0 bridgehead atoms. The lowest BCUT2D eigenvalue weighted by atomic mass is 10.1. The Morgan fingerprint density at radius 2 is 1.86 bits per heavy atom. The number of hydrazone groups is 1. The number of ketones is 1. The van der Waals surface area contributed by atoms with E-state index in [-0.39, 0.29) is 11.3 Å². The van der Waals surface area contributed by atoms with E-state index in [1.807, 2.05) is 5.43 Å². The number of hydrogen-bond acceptors (Lipinski definition) is 6. The first kappa shape index (κ1) is 21.4. The summed E-state index contributed by atoms with van der Waals surface area (Å²) in [5.41, 5.74) is 0.988. The smallest absolute Gasteiger partial charge is 0.431 e. The molecule has 0 saturated carbocycles. The Bertz CT molecular complexity index is 864. The number of nitrogens with one attached hydrogen (secondary N) is 1. The Kier molecular flexibility index (Phi) is 7.16. The second-order valence-electron chi connectivity index (χ2n) is 5.53. The zero-order valence-electron chi connectivity index (χ0n) is 15.0. The summed E-state index contributed by atoms with van der Waals surface area (Å²) in [6.45, 7) is 0. The number of ether oxygens (including phenoxy) is 2. The molecule has 1 amide bonds. The quantitative estimate of drug-likeness (QED) is 0.407. The standard InChI is InChI=1S/C18H17F3N2O4S/c1-26-13-6-5-11(8-14(13)27-2)9-17(25)23-22-16(18(19,20)21)10-12(24)15-4-3-7-28-15/h3-8H,9-10H2,1-2H3,(H,23,25)/b22-16-. The van der Waals surface area contributed by atoms with Crippen LogP contribution in [0.2, 0.25) is 0 Å². The van der Waals surface area contributed by atoms with E-state index in [1.165, 1.54) is 26.4 Å². The van der Waals surface area contributed by atoms with Gasteiger partial charge in [0.1, 0.15) is 5.71 Å². The van der Waals surface area contributed by atoms with Gasteiger partial charge in [-0.2, -0.15) is 18.3 Å². The summed E-state index contributed by atoms with van der Waals surface area (Å²) in [6, 6.07) is 7.68. The van der Waals surface area contributed by atoms with Gasteiger partial charge in [0.05, 0.1) is 31.9 Å². The molecule has 0 aliphatic heterocycles. The first-order chi connectivity index (χ1) is 13.2. The molecular weight excluding hydrogens is 397 g/mol. The number of hydrogen-bond donors (Lipinski definition) is 1. The van der Waals surface area contributed by atoms with Crippen molar-refractivity contribution in [2.24, 2.45) is 5.10 Å². The van der Waals surface area contributed by atoms with Crippen molar-refractivity contribution in [1.82, 2.24) is 5.43 Å². The molecule has 1 aromatic heterocycles. The van der Waals surface area contributed by atoms with Gasteiger partial charge in [-0.3, -0.25) is 9.59 Å². The molecule has 0 aliphatic rings. The molecule has 2 rings (SSSR count). The van der Waals surface area contributed by atoms with Crippen LogP contribution in [-0.4, -0.2) is 37.8 Å². The lowest BCUT2D eigenvalue weighted by molar-refractivity contribution is -0.120. The molecule has 1 aromatic carbocycles. The molecule has 0 spiro atoms. The number of methoxy groups -OCH3 is 2. The van der Waals surface area contributed by atoms with Crippen LogP contribution < -0.4 is 14.9 Å². The van der Waals surface area contributed by atoms with Crippen LogP contribution in [0, 0.1) is 0 Å². The van der Waals surface area contributed by atoms with Crippen molar-refractivity contribution in [3.05, 3.63) is 46.2 Å². The van der Waals surface area contributed by atoms with Gasteiger partial charge < -0.3 is 9.47 Å². The highest BCUT2D eigenvalue weighted by molar-refractivity contribution is 7.12. The molecule has 0 atom stereocenters. The van der Waals surface area contributed by atoms with Gasteiger partial charge in [0.25, 0.3) is 0 Å². The summed E-state index contributed by atoms with van der Waals surface area (Å²) >= 11 is 1.03. The van der Waals surface area contributed by atoms with Gasteiger partial charge in [-0.05, 0) is 29.1 Å². The molecule has 28 heavy (non-hydrogen) atoms. The second kappa shape index (κ2) is 9.36. The summed E-state index contributed by atoms with van der Waals surface area (Å²) in [6.07, 6.45) is -6.03. The maximum atomic E-state index is 13.1. The van der Waals surface area contributed by atoms with Crippen LogP contribution in [0.3, 0.4) is 0 Å². The number of carbonyl (C=O) groups is 2. The van der Waals surface area contributed by atoms with Crippen LogP contribution in [0.25, 0.3) is 0 Å². The van der Waals surface area contributed by atoms with Crippen LogP contribution >= 0.6 is 11.3 Å². The van der Waals surface area contributed by atoms with E-state index >= 15 is 0 Å². The minimum atomic E-state index is -4.84. The van der Waals surface area contributed by atoms with Gasteiger partial charge in [-0.25, -0.2) is 5.43 Å². The number of Topliss-reactive ketones (excluding diaryl/α,β-unsaturated/α-hetero) is 1. The highest BCUT2D eigenvalue weighted by Crippen LogP contribution is 2.27. The first-order valence-corrected chi connectivity index (χ1v) is 8.82. The van der Waals surface area contributed by atoms with Gasteiger partial charge in [0.2, 0.25) is 5.91 Å². The van der Waals surface area contributed by atoms with E-state index in [2.05, 4.69) is 5.10 Å². The van der Waals surface area contributed by atoms with Crippen LogP contribution in [0.5, 0.6) is 11.5 Å². The second-order valence-corrected chi connectivity index (χ2v) is 6.48. The lowest BCUT2D eigenvalue weighted by Gasteiger charge is -2.11. The normalized spacial score (nSPS) is 11.8. The molecule has 1 N–H and O–H groups in total. The Hall–Kier alpha value is -2.88. The van der Waals surface area contributed by atoms with E-state index in [0.29, 0.717) is 17.1 Å². The summed E-state index contributed by atoms with van der Waals surface area (Å²) in [7, 11) is 2.88. The van der Waals surface area contributed by atoms with Crippen molar-refractivity contribution in [3.63, 3.8) is 0 Å². The molecule has 0 radical (unpaired) electrons. The van der Waals surface area contributed by atoms with E-state index in [4.69, 9.17) is 9.47 Å². The van der Waals surface area contributed by atoms with Crippen molar-refractivity contribution in [1.29, 1.82) is 0 Å². The number of nitrogens with zero attached hydrogens (tertiary/aromatic N) is 1. The molecule has 0 aliphatic carbocycles. The van der Waals surface area contributed by atoms with Gasteiger partial charge in [-0.15, -0.1) is 11.3 Å². The fourth-order valence-electron chi connectivity index (χ4n) is 2.22. The summed E-state index contributed by atoms with van der Waals surface area (Å²) in [4.78, 5) is 24.1. The Balaban J connectivity index is 2.07. The zero-order chi connectivity index (χ0) is 20.7. The number of thiophene rings is 1.